The molecule has 2 aliphatic heterocycles. The number of rotatable bonds is 2. The Balaban J connectivity index is 1.56. The number of alkyl halides is 3. The Labute approximate surface area is 161 Å². The molecule has 0 bridgehead atoms. The van der Waals surface area contributed by atoms with Gasteiger partial charge in [-0.25, -0.2) is 0 Å². The molecule has 1 spiro atoms. The number of hydrogen-bond acceptors (Lipinski definition) is 3. The van der Waals surface area contributed by atoms with Gasteiger partial charge in [-0.2, -0.15) is 13.2 Å². The van der Waals surface area contributed by atoms with Gasteiger partial charge in [0.1, 0.15) is 5.54 Å². The Bertz CT molecular complexity index is 908. The molecule has 0 aliphatic carbocycles. The molecule has 1 aromatic heterocycles. The third-order valence-electron chi connectivity index (χ3n) is 5.62. The van der Waals surface area contributed by atoms with E-state index in [9.17, 15) is 18.0 Å². The molecule has 2 aromatic rings. The number of carbonyl (C=O) groups excluding carboxylic acids is 1. The molecule has 0 radical (unpaired) electrons. The molecule has 4 nitrogen and oxygen atoms in total. The number of nitrogens with zero attached hydrogens (tertiary/aromatic N) is 1. The molecule has 2 N–H and O–H groups in total. The topological polar surface area (TPSA) is 54.0 Å². The zero-order valence-corrected chi connectivity index (χ0v) is 15.7. The first-order chi connectivity index (χ1) is 13.1. The van der Waals surface area contributed by atoms with Crippen LogP contribution in [0.1, 0.15) is 50.4 Å². The van der Waals surface area contributed by atoms with E-state index in [1.54, 1.807) is 12.3 Å². The van der Waals surface area contributed by atoms with Crippen molar-refractivity contribution in [3.05, 3.63) is 53.9 Å². The lowest BCUT2D eigenvalue weighted by atomic mass is 9.88. The molecular weight excluding hydrogens is 367 g/mol. The number of carbonyl (C=O) groups is 1. The Hall–Kier alpha value is -2.41. The first kappa shape index (κ1) is 18.9. The summed E-state index contributed by atoms with van der Waals surface area (Å²) in [7, 11) is 0. The predicted molar refractivity (Wildman–Crippen MR) is 99.4 cm³/mol. The maximum atomic E-state index is 12.8. The molecule has 2 aliphatic rings. The third kappa shape index (κ3) is 3.39. The predicted octanol–water partition coefficient (Wildman–Crippen LogP) is 4.23. The highest BCUT2D eigenvalue weighted by Crippen LogP contribution is 2.41. The summed E-state index contributed by atoms with van der Waals surface area (Å²) in [5.41, 5.74) is 0.822. The highest BCUT2D eigenvalue weighted by Gasteiger charge is 2.54. The third-order valence-corrected chi connectivity index (χ3v) is 5.62. The van der Waals surface area contributed by atoms with Crippen LogP contribution in [0.25, 0.3) is 11.1 Å². The molecule has 4 rings (SSSR count). The van der Waals surface area contributed by atoms with Gasteiger partial charge in [0.05, 0.1) is 17.3 Å². The maximum Gasteiger partial charge on any atom is 0.416 e. The molecule has 3 heterocycles. The number of benzene rings is 1. The first-order valence-electron chi connectivity index (χ1n) is 9.32. The quantitative estimate of drug-likeness (QED) is 0.808. The van der Waals surface area contributed by atoms with Crippen LogP contribution in [0.4, 0.5) is 13.2 Å². The van der Waals surface area contributed by atoms with Crippen molar-refractivity contribution >= 4 is 5.91 Å². The average molecular weight is 389 g/mol. The van der Waals surface area contributed by atoms with Gasteiger partial charge in [-0.1, -0.05) is 12.1 Å². The summed E-state index contributed by atoms with van der Waals surface area (Å²) in [6.07, 6.45) is -0.451. The Morgan fingerprint density at radius 3 is 2.43 bits per heavy atom. The minimum absolute atomic E-state index is 0.0268. The van der Waals surface area contributed by atoms with Crippen LogP contribution in [0.2, 0.25) is 0 Å². The van der Waals surface area contributed by atoms with Crippen molar-refractivity contribution < 1.29 is 18.0 Å². The summed E-state index contributed by atoms with van der Waals surface area (Å²) < 4.78 is 38.3. The summed E-state index contributed by atoms with van der Waals surface area (Å²) in [5, 5.41) is 6.51. The minimum atomic E-state index is -4.35. The van der Waals surface area contributed by atoms with E-state index in [1.165, 1.54) is 12.1 Å². The Morgan fingerprint density at radius 1 is 1.11 bits per heavy atom. The van der Waals surface area contributed by atoms with Crippen LogP contribution in [0.3, 0.4) is 0 Å². The number of nitrogens with one attached hydrogen (secondary N) is 2. The van der Waals surface area contributed by atoms with Crippen LogP contribution in [0.5, 0.6) is 0 Å². The van der Waals surface area contributed by atoms with Crippen LogP contribution in [-0.2, 0) is 11.0 Å². The average Bonchev–Trinajstić information content (AvgIpc) is 3.15. The van der Waals surface area contributed by atoms with Crippen molar-refractivity contribution in [1.82, 2.24) is 15.6 Å². The van der Waals surface area contributed by atoms with Gasteiger partial charge in [0.2, 0.25) is 5.91 Å². The fourth-order valence-electron chi connectivity index (χ4n) is 4.38. The highest BCUT2D eigenvalue weighted by molar-refractivity contribution is 5.90. The molecule has 1 amide bonds. The van der Waals surface area contributed by atoms with Gasteiger partial charge in [0.15, 0.2) is 0 Å². The zero-order valence-electron chi connectivity index (χ0n) is 15.7. The lowest BCUT2D eigenvalue weighted by Gasteiger charge is -2.23. The van der Waals surface area contributed by atoms with Crippen molar-refractivity contribution in [2.45, 2.75) is 56.4 Å². The van der Waals surface area contributed by atoms with Crippen LogP contribution >= 0.6 is 0 Å². The smallest absolute Gasteiger partial charge is 0.350 e. The van der Waals surface area contributed by atoms with Gasteiger partial charge in [-0.05, 0) is 68.5 Å². The molecule has 0 unspecified atom stereocenters. The van der Waals surface area contributed by atoms with Crippen molar-refractivity contribution in [2.75, 3.05) is 0 Å². The number of pyridine rings is 1. The summed E-state index contributed by atoms with van der Waals surface area (Å²) in [4.78, 5) is 17.0. The van der Waals surface area contributed by atoms with Gasteiger partial charge in [-0.3, -0.25) is 15.1 Å². The molecular formula is C21H22F3N3O. The number of halogens is 3. The normalized spacial score (nSPS) is 26.6. The highest BCUT2D eigenvalue weighted by atomic mass is 19.4. The van der Waals surface area contributed by atoms with Crippen LogP contribution in [0, 0.1) is 0 Å². The summed E-state index contributed by atoms with van der Waals surface area (Å²) >= 11 is 0. The van der Waals surface area contributed by atoms with Gasteiger partial charge in [0, 0.05) is 11.7 Å². The standard InChI is InChI=1S/C21H22F3N3O/c1-19(2)12-20(18(28)27-19)9-7-16(26-20)17-11-14(8-10-25-17)13-3-5-15(6-4-13)21(22,23)24/h3-6,8,10-11,16,26H,7,9,12H2,1-2H3,(H,27,28)/t16-,20+/m0/s1. The van der Waals surface area contributed by atoms with Gasteiger partial charge >= 0.3 is 6.18 Å². The second-order valence-electron chi connectivity index (χ2n) is 8.38. The monoisotopic (exact) mass is 389 g/mol. The minimum Gasteiger partial charge on any atom is -0.350 e. The van der Waals surface area contributed by atoms with Crippen molar-refractivity contribution in [2.24, 2.45) is 0 Å². The van der Waals surface area contributed by atoms with Crippen LogP contribution in [0.15, 0.2) is 42.6 Å². The van der Waals surface area contributed by atoms with E-state index in [1.807, 2.05) is 19.9 Å². The van der Waals surface area contributed by atoms with E-state index in [0.717, 1.165) is 36.2 Å². The Kier molecular flexibility index (Phi) is 4.26. The van der Waals surface area contributed by atoms with Crippen molar-refractivity contribution in [1.29, 1.82) is 0 Å². The van der Waals surface area contributed by atoms with E-state index >= 15 is 0 Å². The van der Waals surface area contributed by atoms with E-state index in [4.69, 9.17) is 0 Å². The van der Waals surface area contributed by atoms with E-state index in [0.29, 0.717) is 12.0 Å². The van der Waals surface area contributed by atoms with Gasteiger partial charge in [-0.15, -0.1) is 0 Å². The molecule has 2 atom stereocenters. The Morgan fingerprint density at radius 2 is 1.82 bits per heavy atom. The number of amides is 1. The summed E-state index contributed by atoms with van der Waals surface area (Å²) in [6, 6.07) is 8.72. The fourth-order valence-corrected chi connectivity index (χ4v) is 4.38. The second-order valence-corrected chi connectivity index (χ2v) is 8.38. The van der Waals surface area contributed by atoms with Crippen LogP contribution < -0.4 is 10.6 Å². The maximum absolute atomic E-state index is 12.8. The second kappa shape index (κ2) is 6.30. The fraction of sp³-hybridized carbons (Fsp3) is 0.429. The van der Waals surface area contributed by atoms with E-state index < -0.39 is 17.3 Å². The summed E-state index contributed by atoms with van der Waals surface area (Å²) in [6.45, 7) is 4.02. The van der Waals surface area contributed by atoms with Crippen molar-refractivity contribution in [3.8, 4) is 11.1 Å². The number of hydrogen-bond donors (Lipinski definition) is 2. The molecule has 28 heavy (non-hydrogen) atoms. The first-order valence-corrected chi connectivity index (χ1v) is 9.32. The van der Waals surface area contributed by atoms with Gasteiger partial charge < -0.3 is 5.32 Å². The summed E-state index contributed by atoms with van der Waals surface area (Å²) in [5.74, 6) is 0.0268. The molecule has 2 fully saturated rings. The lowest BCUT2D eigenvalue weighted by Crippen LogP contribution is -2.47. The van der Waals surface area contributed by atoms with E-state index in [2.05, 4.69) is 15.6 Å². The SMILES string of the molecule is CC1(C)C[C@]2(CC[C@@H](c3cc(-c4ccc(C(F)(F)F)cc4)ccn3)N2)C(=O)N1. The number of aromatic nitrogens is 1. The molecule has 1 aromatic carbocycles. The molecule has 2 saturated heterocycles. The molecule has 7 heteroatoms. The zero-order chi connectivity index (χ0) is 20.2. The van der Waals surface area contributed by atoms with Crippen molar-refractivity contribution in [3.63, 3.8) is 0 Å². The molecule has 0 saturated carbocycles. The van der Waals surface area contributed by atoms with E-state index in [-0.39, 0.29) is 17.5 Å². The molecule has 148 valence electrons. The van der Waals surface area contributed by atoms with Crippen LogP contribution in [-0.4, -0.2) is 22.0 Å². The lowest BCUT2D eigenvalue weighted by molar-refractivity contribution is -0.137. The largest absolute Gasteiger partial charge is 0.416 e. The van der Waals surface area contributed by atoms with Gasteiger partial charge in [0.25, 0.3) is 0 Å².